The lowest BCUT2D eigenvalue weighted by Crippen LogP contribution is -2.31. The van der Waals surface area contributed by atoms with Crippen molar-refractivity contribution in [1.82, 2.24) is 4.57 Å². The van der Waals surface area contributed by atoms with E-state index in [4.69, 9.17) is 10.5 Å². The van der Waals surface area contributed by atoms with Gasteiger partial charge in [0.2, 0.25) is 0 Å². The van der Waals surface area contributed by atoms with Gasteiger partial charge >= 0.3 is 0 Å². The standard InChI is InChI=1S/C12H18N2O2/c1-16-10-5-2-4-9(8-10)14-7-3-6-11(13)12(14)15/h3,6-7,9-10H,2,4-5,8,13H2,1H3/t9-,10+/m1/s1. The molecule has 1 aromatic rings. The van der Waals surface area contributed by atoms with Gasteiger partial charge in [0.05, 0.1) is 11.8 Å². The fourth-order valence-corrected chi connectivity index (χ4v) is 2.40. The van der Waals surface area contributed by atoms with Gasteiger partial charge in [0.25, 0.3) is 5.56 Å². The van der Waals surface area contributed by atoms with Crippen molar-refractivity contribution in [3.05, 3.63) is 28.7 Å². The molecule has 1 aliphatic rings. The maximum Gasteiger partial charge on any atom is 0.273 e. The summed E-state index contributed by atoms with van der Waals surface area (Å²) < 4.78 is 7.12. The van der Waals surface area contributed by atoms with Gasteiger partial charge in [-0.1, -0.05) is 0 Å². The van der Waals surface area contributed by atoms with Crippen LogP contribution in [-0.4, -0.2) is 17.8 Å². The van der Waals surface area contributed by atoms with Crippen LogP contribution in [0, 0.1) is 0 Å². The van der Waals surface area contributed by atoms with Gasteiger partial charge in [-0.2, -0.15) is 0 Å². The molecule has 0 aromatic carbocycles. The second-order valence-corrected chi connectivity index (χ2v) is 4.35. The van der Waals surface area contributed by atoms with Crippen LogP contribution in [0.25, 0.3) is 0 Å². The van der Waals surface area contributed by atoms with Crippen LogP contribution in [0.1, 0.15) is 31.7 Å². The first kappa shape index (κ1) is 11.2. The van der Waals surface area contributed by atoms with E-state index in [0.29, 0.717) is 5.69 Å². The van der Waals surface area contributed by atoms with Gasteiger partial charge in [0.1, 0.15) is 0 Å². The van der Waals surface area contributed by atoms with Gasteiger partial charge in [0, 0.05) is 19.3 Å². The molecule has 0 aliphatic heterocycles. The molecule has 2 N–H and O–H groups in total. The Bertz CT molecular complexity index is 414. The third-order valence-electron chi connectivity index (χ3n) is 3.33. The lowest BCUT2D eigenvalue weighted by atomic mass is 9.92. The number of nitrogens with two attached hydrogens (primary N) is 1. The van der Waals surface area contributed by atoms with E-state index in [1.54, 1.807) is 17.7 Å². The second-order valence-electron chi connectivity index (χ2n) is 4.35. The molecule has 0 amide bonds. The summed E-state index contributed by atoms with van der Waals surface area (Å²) in [4.78, 5) is 11.9. The Labute approximate surface area is 95.0 Å². The zero-order chi connectivity index (χ0) is 11.5. The van der Waals surface area contributed by atoms with Crippen LogP contribution in [0.15, 0.2) is 23.1 Å². The van der Waals surface area contributed by atoms with Crippen molar-refractivity contribution in [1.29, 1.82) is 0 Å². The van der Waals surface area contributed by atoms with Gasteiger partial charge in [-0.15, -0.1) is 0 Å². The molecule has 0 radical (unpaired) electrons. The van der Waals surface area contributed by atoms with Crippen LogP contribution < -0.4 is 11.3 Å². The summed E-state index contributed by atoms with van der Waals surface area (Å²) in [5.41, 5.74) is 5.87. The molecule has 4 nitrogen and oxygen atoms in total. The predicted octanol–water partition coefficient (Wildman–Crippen LogP) is 1.56. The van der Waals surface area contributed by atoms with Crippen molar-refractivity contribution in [3.63, 3.8) is 0 Å². The SMILES string of the molecule is CO[C@H]1CCC[C@@H](n2cccc(N)c2=O)C1. The molecule has 1 aliphatic carbocycles. The van der Waals surface area contributed by atoms with Crippen LogP contribution >= 0.6 is 0 Å². The fraction of sp³-hybridized carbons (Fsp3) is 0.583. The second kappa shape index (κ2) is 4.70. The third kappa shape index (κ3) is 2.11. The summed E-state index contributed by atoms with van der Waals surface area (Å²) >= 11 is 0. The van der Waals surface area contributed by atoms with Gasteiger partial charge in [0.15, 0.2) is 0 Å². The summed E-state index contributed by atoms with van der Waals surface area (Å²) in [5.74, 6) is 0. The topological polar surface area (TPSA) is 57.2 Å². The Kier molecular flexibility index (Phi) is 3.29. The molecule has 16 heavy (non-hydrogen) atoms. The molecule has 4 heteroatoms. The normalized spacial score (nSPS) is 25.6. The summed E-state index contributed by atoms with van der Waals surface area (Å²) in [6, 6.07) is 3.71. The highest BCUT2D eigenvalue weighted by atomic mass is 16.5. The average Bonchev–Trinajstić information content (AvgIpc) is 2.33. The highest BCUT2D eigenvalue weighted by molar-refractivity contribution is 5.33. The van der Waals surface area contributed by atoms with Gasteiger partial charge < -0.3 is 15.0 Å². The molecule has 1 saturated carbocycles. The lowest BCUT2D eigenvalue weighted by Gasteiger charge is -2.29. The van der Waals surface area contributed by atoms with E-state index >= 15 is 0 Å². The van der Waals surface area contributed by atoms with Crippen molar-refractivity contribution in [2.75, 3.05) is 12.8 Å². The first-order valence-electron chi connectivity index (χ1n) is 5.72. The van der Waals surface area contributed by atoms with Crippen LogP contribution in [0.3, 0.4) is 0 Å². The third-order valence-corrected chi connectivity index (χ3v) is 3.33. The van der Waals surface area contributed by atoms with E-state index in [-0.39, 0.29) is 17.7 Å². The smallest absolute Gasteiger partial charge is 0.273 e. The van der Waals surface area contributed by atoms with E-state index in [2.05, 4.69) is 0 Å². The maximum atomic E-state index is 11.9. The minimum atomic E-state index is -0.0794. The molecule has 88 valence electrons. The molecular weight excluding hydrogens is 204 g/mol. The molecule has 1 heterocycles. The molecule has 2 rings (SSSR count). The Morgan fingerprint density at radius 3 is 3.06 bits per heavy atom. The van der Waals surface area contributed by atoms with Gasteiger partial charge in [-0.25, -0.2) is 0 Å². The zero-order valence-corrected chi connectivity index (χ0v) is 9.56. The minimum absolute atomic E-state index is 0.0794. The lowest BCUT2D eigenvalue weighted by molar-refractivity contribution is 0.0525. The number of ether oxygens (including phenoxy) is 1. The predicted molar refractivity (Wildman–Crippen MR) is 63.4 cm³/mol. The number of pyridine rings is 1. The van der Waals surface area contributed by atoms with Crippen LogP contribution in [0.4, 0.5) is 5.69 Å². The first-order valence-corrected chi connectivity index (χ1v) is 5.72. The van der Waals surface area contributed by atoms with Crippen molar-refractivity contribution in [2.24, 2.45) is 0 Å². The van der Waals surface area contributed by atoms with Crippen molar-refractivity contribution in [3.8, 4) is 0 Å². The summed E-state index contributed by atoms with van der Waals surface area (Å²) in [7, 11) is 1.73. The van der Waals surface area contributed by atoms with Crippen molar-refractivity contribution < 1.29 is 4.74 Å². The molecule has 0 spiro atoms. The molecule has 1 fully saturated rings. The minimum Gasteiger partial charge on any atom is -0.394 e. The summed E-state index contributed by atoms with van der Waals surface area (Å²) in [6.07, 6.45) is 6.21. The number of nitrogen functional groups attached to an aromatic ring is 1. The Morgan fingerprint density at radius 2 is 2.31 bits per heavy atom. The number of anilines is 1. The number of rotatable bonds is 2. The van der Waals surface area contributed by atoms with Crippen molar-refractivity contribution in [2.45, 2.75) is 37.8 Å². The number of aromatic nitrogens is 1. The van der Waals surface area contributed by atoms with E-state index in [1.165, 1.54) is 0 Å². The van der Waals surface area contributed by atoms with Crippen LogP contribution in [0.2, 0.25) is 0 Å². The van der Waals surface area contributed by atoms with Gasteiger partial charge in [-0.05, 0) is 37.8 Å². The zero-order valence-electron chi connectivity index (χ0n) is 9.56. The quantitative estimate of drug-likeness (QED) is 0.826. The molecule has 0 bridgehead atoms. The number of hydrogen-bond acceptors (Lipinski definition) is 3. The largest absolute Gasteiger partial charge is 0.394 e. The Morgan fingerprint density at radius 1 is 1.50 bits per heavy atom. The summed E-state index contributed by atoms with van der Waals surface area (Å²) in [5, 5.41) is 0. The van der Waals surface area contributed by atoms with Crippen LogP contribution in [-0.2, 0) is 4.74 Å². The number of nitrogens with zero attached hydrogens (tertiary/aromatic N) is 1. The first-order chi connectivity index (χ1) is 7.72. The van der Waals surface area contributed by atoms with E-state index in [0.717, 1.165) is 25.7 Å². The van der Waals surface area contributed by atoms with E-state index in [1.807, 2.05) is 12.3 Å². The maximum absolute atomic E-state index is 11.9. The Hall–Kier alpha value is -1.29. The van der Waals surface area contributed by atoms with Crippen LogP contribution in [0.5, 0.6) is 0 Å². The van der Waals surface area contributed by atoms with E-state index < -0.39 is 0 Å². The fourth-order valence-electron chi connectivity index (χ4n) is 2.40. The monoisotopic (exact) mass is 222 g/mol. The van der Waals surface area contributed by atoms with E-state index in [9.17, 15) is 4.79 Å². The molecule has 0 unspecified atom stereocenters. The van der Waals surface area contributed by atoms with Crippen molar-refractivity contribution >= 4 is 5.69 Å². The number of methoxy groups -OCH3 is 1. The highest BCUT2D eigenvalue weighted by Gasteiger charge is 2.23. The molecule has 1 aromatic heterocycles. The molecule has 0 saturated heterocycles. The summed E-state index contributed by atoms with van der Waals surface area (Å²) in [6.45, 7) is 0. The molecular formula is C12H18N2O2. The average molecular weight is 222 g/mol. The molecule has 2 atom stereocenters. The number of hydrogen-bond donors (Lipinski definition) is 1. The highest BCUT2D eigenvalue weighted by Crippen LogP contribution is 2.28. The van der Waals surface area contributed by atoms with Gasteiger partial charge in [-0.3, -0.25) is 4.79 Å². The Balaban J connectivity index is 2.23.